The fourth-order valence-electron chi connectivity index (χ4n) is 2.05. The van der Waals surface area contributed by atoms with Gasteiger partial charge in [-0.05, 0) is 37.1 Å². The van der Waals surface area contributed by atoms with Crippen molar-refractivity contribution in [3.63, 3.8) is 0 Å². The summed E-state index contributed by atoms with van der Waals surface area (Å²) < 4.78 is 28.6. The molecule has 0 amide bonds. The highest BCUT2D eigenvalue weighted by molar-refractivity contribution is 7.91. The number of hydrogen-bond acceptors (Lipinski definition) is 4. The van der Waals surface area contributed by atoms with Crippen LogP contribution >= 0.6 is 0 Å². The van der Waals surface area contributed by atoms with Crippen LogP contribution in [0.1, 0.15) is 30.5 Å². The van der Waals surface area contributed by atoms with E-state index in [0.717, 1.165) is 30.0 Å². The first kappa shape index (κ1) is 17.0. The van der Waals surface area contributed by atoms with Crippen LogP contribution in [0.5, 0.6) is 5.75 Å². The first-order valence-corrected chi connectivity index (χ1v) is 8.85. The Morgan fingerprint density at radius 3 is 2.25 bits per heavy atom. The summed E-state index contributed by atoms with van der Waals surface area (Å²) in [5, 5.41) is 3.29. The molecule has 4 nitrogen and oxygen atoms in total. The van der Waals surface area contributed by atoms with Gasteiger partial charge in [0.15, 0.2) is 9.84 Å². The van der Waals surface area contributed by atoms with Crippen molar-refractivity contribution in [2.75, 3.05) is 24.7 Å². The van der Waals surface area contributed by atoms with Crippen molar-refractivity contribution < 1.29 is 13.2 Å². The Kier molecular flexibility index (Phi) is 6.49. The monoisotopic (exact) mass is 299 g/mol. The van der Waals surface area contributed by atoms with Gasteiger partial charge in [-0.15, -0.1) is 0 Å². The SMILES string of the molecule is CCNCc1cc(C)c(OCCS(=O)(=O)CC)c(C)c1. The third kappa shape index (κ3) is 5.13. The third-order valence-electron chi connectivity index (χ3n) is 3.18. The van der Waals surface area contributed by atoms with Gasteiger partial charge in [-0.1, -0.05) is 26.0 Å². The summed E-state index contributed by atoms with van der Waals surface area (Å²) in [6.07, 6.45) is 0. The van der Waals surface area contributed by atoms with Crippen LogP contribution in [0.4, 0.5) is 0 Å². The Bertz CT molecular complexity index is 515. The van der Waals surface area contributed by atoms with E-state index in [4.69, 9.17) is 4.74 Å². The quantitative estimate of drug-likeness (QED) is 0.800. The molecule has 0 aliphatic carbocycles. The molecule has 114 valence electrons. The normalized spacial score (nSPS) is 11.6. The van der Waals surface area contributed by atoms with Crippen LogP contribution in [-0.2, 0) is 16.4 Å². The van der Waals surface area contributed by atoms with E-state index in [-0.39, 0.29) is 18.1 Å². The van der Waals surface area contributed by atoms with E-state index in [1.165, 1.54) is 5.56 Å². The molecule has 0 aromatic heterocycles. The van der Waals surface area contributed by atoms with E-state index >= 15 is 0 Å². The van der Waals surface area contributed by atoms with Gasteiger partial charge in [-0.25, -0.2) is 8.42 Å². The summed E-state index contributed by atoms with van der Waals surface area (Å²) in [6, 6.07) is 4.17. The molecule has 0 fully saturated rings. The Labute approximate surface area is 122 Å². The number of sulfone groups is 1. The van der Waals surface area contributed by atoms with Crippen molar-refractivity contribution in [3.8, 4) is 5.75 Å². The van der Waals surface area contributed by atoms with Crippen LogP contribution in [0.2, 0.25) is 0 Å². The van der Waals surface area contributed by atoms with Crippen LogP contribution in [0.15, 0.2) is 12.1 Å². The van der Waals surface area contributed by atoms with E-state index in [2.05, 4.69) is 24.4 Å². The molecule has 1 aromatic rings. The predicted octanol–water partition coefficient (Wildman–Crippen LogP) is 2.23. The molecule has 0 heterocycles. The molecule has 0 saturated heterocycles. The lowest BCUT2D eigenvalue weighted by atomic mass is 10.1. The summed E-state index contributed by atoms with van der Waals surface area (Å²) in [5.41, 5.74) is 3.31. The molecule has 0 saturated carbocycles. The fourth-order valence-corrected chi connectivity index (χ4v) is 2.68. The molecule has 5 heteroatoms. The molecule has 0 bridgehead atoms. The van der Waals surface area contributed by atoms with Crippen molar-refractivity contribution in [2.24, 2.45) is 0 Å². The van der Waals surface area contributed by atoms with Crippen molar-refractivity contribution in [1.29, 1.82) is 0 Å². The number of ether oxygens (including phenoxy) is 1. The molecule has 0 aliphatic heterocycles. The van der Waals surface area contributed by atoms with Crippen molar-refractivity contribution in [1.82, 2.24) is 5.32 Å². The van der Waals surface area contributed by atoms with Gasteiger partial charge < -0.3 is 10.1 Å². The topological polar surface area (TPSA) is 55.4 Å². The Balaban J connectivity index is 2.71. The van der Waals surface area contributed by atoms with Crippen molar-refractivity contribution in [2.45, 2.75) is 34.2 Å². The minimum absolute atomic E-state index is 0.0710. The van der Waals surface area contributed by atoms with E-state index in [1.54, 1.807) is 6.92 Å². The van der Waals surface area contributed by atoms with E-state index in [1.807, 2.05) is 13.8 Å². The number of hydrogen-bond donors (Lipinski definition) is 1. The Morgan fingerprint density at radius 2 is 1.75 bits per heavy atom. The van der Waals surface area contributed by atoms with Crippen LogP contribution in [0.25, 0.3) is 0 Å². The van der Waals surface area contributed by atoms with Crippen LogP contribution in [0, 0.1) is 13.8 Å². The molecule has 0 atom stereocenters. The fraction of sp³-hybridized carbons (Fsp3) is 0.600. The lowest BCUT2D eigenvalue weighted by Gasteiger charge is -2.14. The Hall–Kier alpha value is -1.07. The standard InChI is InChI=1S/C15H25NO3S/c1-5-16-11-14-9-12(3)15(13(4)10-14)19-7-8-20(17,18)6-2/h9-10,16H,5-8,11H2,1-4H3. The highest BCUT2D eigenvalue weighted by Crippen LogP contribution is 2.24. The minimum atomic E-state index is -2.97. The van der Waals surface area contributed by atoms with Gasteiger partial charge in [0.05, 0.1) is 5.75 Å². The molecular weight excluding hydrogens is 274 g/mol. The van der Waals surface area contributed by atoms with E-state index in [0.29, 0.717) is 0 Å². The van der Waals surface area contributed by atoms with Gasteiger partial charge >= 0.3 is 0 Å². The maximum Gasteiger partial charge on any atom is 0.153 e. The molecule has 0 aliphatic rings. The zero-order valence-electron chi connectivity index (χ0n) is 12.8. The van der Waals surface area contributed by atoms with E-state index in [9.17, 15) is 8.42 Å². The van der Waals surface area contributed by atoms with Crippen LogP contribution in [0.3, 0.4) is 0 Å². The first-order chi connectivity index (χ1) is 9.39. The van der Waals surface area contributed by atoms with Gasteiger partial charge in [0.2, 0.25) is 0 Å². The van der Waals surface area contributed by atoms with E-state index < -0.39 is 9.84 Å². The predicted molar refractivity (Wildman–Crippen MR) is 83.1 cm³/mol. The smallest absolute Gasteiger partial charge is 0.153 e. The molecular formula is C15H25NO3S. The van der Waals surface area contributed by atoms with Gasteiger partial charge in [-0.3, -0.25) is 0 Å². The number of benzene rings is 1. The summed E-state index contributed by atoms with van der Waals surface area (Å²) >= 11 is 0. The van der Waals surface area contributed by atoms with Gasteiger partial charge in [0, 0.05) is 12.3 Å². The maximum atomic E-state index is 11.4. The van der Waals surface area contributed by atoms with Gasteiger partial charge in [0.1, 0.15) is 12.4 Å². The molecule has 0 unspecified atom stereocenters. The third-order valence-corrected chi connectivity index (χ3v) is 4.85. The summed E-state index contributed by atoms with van der Waals surface area (Å²) in [5.74, 6) is 1.04. The summed E-state index contributed by atoms with van der Waals surface area (Å²) in [7, 11) is -2.97. The number of aryl methyl sites for hydroxylation is 2. The second kappa shape index (κ2) is 7.64. The van der Waals surface area contributed by atoms with Crippen molar-refractivity contribution >= 4 is 9.84 Å². The zero-order valence-corrected chi connectivity index (χ0v) is 13.6. The minimum Gasteiger partial charge on any atom is -0.492 e. The highest BCUT2D eigenvalue weighted by atomic mass is 32.2. The molecule has 0 spiro atoms. The van der Waals surface area contributed by atoms with Crippen molar-refractivity contribution in [3.05, 3.63) is 28.8 Å². The molecule has 1 N–H and O–H groups in total. The molecule has 0 radical (unpaired) electrons. The molecule has 1 rings (SSSR count). The second-order valence-corrected chi connectivity index (χ2v) is 7.40. The average Bonchev–Trinajstić information content (AvgIpc) is 2.39. The van der Waals surface area contributed by atoms with Gasteiger partial charge in [-0.2, -0.15) is 0 Å². The lowest BCUT2D eigenvalue weighted by molar-refractivity contribution is 0.336. The number of nitrogens with one attached hydrogen (secondary N) is 1. The number of rotatable bonds is 8. The second-order valence-electron chi connectivity index (χ2n) is 4.92. The van der Waals surface area contributed by atoms with Gasteiger partial charge in [0.25, 0.3) is 0 Å². The average molecular weight is 299 g/mol. The van der Waals surface area contributed by atoms with Crippen LogP contribution < -0.4 is 10.1 Å². The van der Waals surface area contributed by atoms with Crippen LogP contribution in [-0.4, -0.2) is 33.1 Å². The summed E-state index contributed by atoms with van der Waals surface area (Å²) in [6.45, 7) is 9.70. The summed E-state index contributed by atoms with van der Waals surface area (Å²) in [4.78, 5) is 0. The molecule has 1 aromatic carbocycles. The first-order valence-electron chi connectivity index (χ1n) is 7.03. The zero-order chi connectivity index (χ0) is 15.2. The largest absolute Gasteiger partial charge is 0.492 e. The highest BCUT2D eigenvalue weighted by Gasteiger charge is 2.10. The molecule has 20 heavy (non-hydrogen) atoms. The maximum absolute atomic E-state index is 11.4. The Morgan fingerprint density at radius 1 is 1.15 bits per heavy atom. The lowest BCUT2D eigenvalue weighted by Crippen LogP contribution is -2.16.